The predicted octanol–water partition coefficient (Wildman–Crippen LogP) is 14.0. The van der Waals surface area contributed by atoms with Gasteiger partial charge in [0.25, 0.3) is 0 Å². The molecule has 8 aromatic carbocycles. The second-order valence-corrected chi connectivity index (χ2v) is 15.6. The molecule has 0 N–H and O–H groups in total. The van der Waals surface area contributed by atoms with Crippen LogP contribution < -0.4 is 0 Å². The van der Waals surface area contributed by atoms with Crippen molar-refractivity contribution in [1.82, 2.24) is 19.5 Å². The van der Waals surface area contributed by atoms with Crippen LogP contribution >= 0.6 is 11.3 Å². The highest BCUT2D eigenvalue weighted by atomic mass is 32.1. The molecule has 0 unspecified atom stereocenters. The monoisotopic (exact) mass is 746 g/mol. The zero-order chi connectivity index (χ0) is 37.9. The third-order valence-corrected chi connectivity index (χ3v) is 12.1. The summed E-state index contributed by atoms with van der Waals surface area (Å²) in [5.74, 6) is 1.88. The normalized spacial score (nSPS) is 11.6. The molecule has 11 rings (SSSR count). The van der Waals surface area contributed by atoms with E-state index in [9.17, 15) is 0 Å². The van der Waals surface area contributed by atoms with Crippen molar-refractivity contribution in [3.63, 3.8) is 0 Å². The quantitative estimate of drug-likeness (QED) is 0.170. The van der Waals surface area contributed by atoms with Gasteiger partial charge in [0, 0.05) is 47.6 Å². The van der Waals surface area contributed by atoms with Gasteiger partial charge in [-0.25, -0.2) is 15.0 Å². The predicted molar refractivity (Wildman–Crippen MR) is 239 cm³/mol. The first-order valence-corrected chi connectivity index (χ1v) is 20.0. The molecule has 3 heterocycles. The molecule has 0 aliphatic heterocycles. The minimum atomic E-state index is 0.615. The molecular formula is C52H34N4S. The molecule has 0 atom stereocenters. The van der Waals surface area contributed by atoms with Gasteiger partial charge in [-0.3, -0.25) is 0 Å². The van der Waals surface area contributed by atoms with Crippen LogP contribution in [0.2, 0.25) is 0 Å². The molecule has 0 radical (unpaired) electrons. The molecule has 4 nitrogen and oxygen atoms in total. The Kier molecular flexibility index (Phi) is 7.86. The lowest BCUT2D eigenvalue weighted by Crippen LogP contribution is -2.04. The first-order valence-electron chi connectivity index (χ1n) is 19.2. The van der Waals surface area contributed by atoms with E-state index >= 15 is 0 Å². The second kappa shape index (κ2) is 13.5. The number of benzene rings is 8. The van der Waals surface area contributed by atoms with Gasteiger partial charge in [0.15, 0.2) is 17.5 Å². The fraction of sp³-hybridized carbons (Fsp3) is 0.0192. The highest BCUT2D eigenvalue weighted by molar-refractivity contribution is 7.25. The van der Waals surface area contributed by atoms with E-state index in [0.717, 1.165) is 39.0 Å². The number of para-hydroxylation sites is 1. The third kappa shape index (κ3) is 5.71. The lowest BCUT2D eigenvalue weighted by atomic mass is 9.96. The summed E-state index contributed by atoms with van der Waals surface area (Å²) in [6.45, 7) is 2.13. The molecule has 0 bridgehead atoms. The van der Waals surface area contributed by atoms with E-state index in [1.807, 2.05) is 47.7 Å². The van der Waals surface area contributed by atoms with E-state index in [2.05, 4.69) is 163 Å². The Morgan fingerprint density at radius 1 is 0.386 bits per heavy atom. The smallest absolute Gasteiger partial charge is 0.166 e. The number of thiophene rings is 1. The fourth-order valence-electron chi connectivity index (χ4n) is 8.18. The Labute approximate surface area is 334 Å². The van der Waals surface area contributed by atoms with Gasteiger partial charge in [0.05, 0.1) is 16.7 Å². The summed E-state index contributed by atoms with van der Waals surface area (Å²) >= 11 is 1.84. The van der Waals surface area contributed by atoms with E-state index in [0.29, 0.717) is 17.5 Å². The average molecular weight is 747 g/mol. The summed E-state index contributed by atoms with van der Waals surface area (Å²) in [5.41, 5.74) is 12.0. The maximum Gasteiger partial charge on any atom is 0.166 e. The fourth-order valence-corrected chi connectivity index (χ4v) is 9.31. The lowest BCUT2D eigenvalue weighted by Gasteiger charge is -2.17. The van der Waals surface area contributed by atoms with Gasteiger partial charge in [0.1, 0.15) is 0 Å². The van der Waals surface area contributed by atoms with Gasteiger partial charge in [0.2, 0.25) is 0 Å². The maximum atomic E-state index is 5.29. The van der Waals surface area contributed by atoms with Gasteiger partial charge in [-0.2, -0.15) is 0 Å². The van der Waals surface area contributed by atoms with Crippen molar-refractivity contribution < 1.29 is 0 Å². The van der Waals surface area contributed by atoms with E-state index in [-0.39, 0.29) is 0 Å². The van der Waals surface area contributed by atoms with E-state index in [1.54, 1.807) is 0 Å². The minimum absolute atomic E-state index is 0.615. The molecule has 0 aliphatic rings. The first kappa shape index (κ1) is 33.2. The van der Waals surface area contributed by atoms with Crippen molar-refractivity contribution in [2.45, 2.75) is 6.92 Å². The van der Waals surface area contributed by atoms with Crippen molar-refractivity contribution in [2.24, 2.45) is 0 Å². The molecule has 3 aromatic heterocycles. The van der Waals surface area contributed by atoms with Crippen molar-refractivity contribution in [1.29, 1.82) is 0 Å². The van der Waals surface area contributed by atoms with Crippen LogP contribution in [0.15, 0.2) is 188 Å². The van der Waals surface area contributed by atoms with Gasteiger partial charge in [-0.05, 0) is 71.6 Å². The van der Waals surface area contributed by atoms with E-state index < -0.39 is 0 Å². The number of aromatic nitrogens is 4. The van der Waals surface area contributed by atoms with Gasteiger partial charge < -0.3 is 4.57 Å². The number of hydrogen-bond donors (Lipinski definition) is 0. The summed E-state index contributed by atoms with van der Waals surface area (Å²) in [6.07, 6.45) is 0. The summed E-state index contributed by atoms with van der Waals surface area (Å²) in [7, 11) is 0. The van der Waals surface area contributed by atoms with E-state index in [4.69, 9.17) is 15.0 Å². The van der Waals surface area contributed by atoms with Crippen LogP contribution in [0.1, 0.15) is 5.56 Å². The van der Waals surface area contributed by atoms with Crippen molar-refractivity contribution in [2.75, 3.05) is 0 Å². The highest BCUT2D eigenvalue weighted by Crippen LogP contribution is 2.43. The van der Waals surface area contributed by atoms with Crippen LogP contribution in [-0.2, 0) is 0 Å². The molecule has 0 saturated carbocycles. The molecule has 0 amide bonds. The van der Waals surface area contributed by atoms with Crippen LogP contribution in [0.3, 0.4) is 0 Å². The van der Waals surface area contributed by atoms with Crippen molar-refractivity contribution in [3.05, 3.63) is 194 Å². The van der Waals surface area contributed by atoms with Gasteiger partial charge in [-0.15, -0.1) is 11.3 Å². The molecule has 0 saturated heterocycles. The number of fused-ring (bicyclic) bond motifs is 6. The Morgan fingerprint density at radius 2 is 0.982 bits per heavy atom. The molecule has 0 spiro atoms. The summed E-state index contributed by atoms with van der Waals surface area (Å²) in [6, 6.07) is 66.9. The topological polar surface area (TPSA) is 43.6 Å². The number of nitrogens with zero attached hydrogens (tertiary/aromatic N) is 4. The Bertz CT molecular complexity index is 3230. The van der Waals surface area contributed by atoms with Gasteiger partial charge in [-0.1, -0.05) is 151 Å². The summed E-state index contributed by atoms with van der Waals surface area (Å²) in [5, 5.41) is 4.92. The molecule has 57 heavy (non-hydrogen) atoms. The highest BCUT2D eigenvalue weighted by Gasteiger charge is 2.21. The number of hydrogen-bond acceptors (Lipinski definition) is 4. The minimum Gasteiger partial charge on any atom is -0.309 e. The molecule has 0 aliphatic carbocycles. The SMILES string of the molecule is Cc1ccc(-c2ccc3c(c2)c2ccccc2n3-c2ccc(-c3cccc4sc5ccccc5c34)cc2-c2nc(-c3ccccc3)nc(-c3ccccc3)n2)cc1. The zero-order valence-electron chi connectivity index (χ0n) is 31.1. The molecule has 0 fully saturated rings. The number of aryl methyl sites for hydroxylation is 1. The second-order valence-electron chi connectivity index (χ2n) is 14.5. The molecule has 268 valence electrons. The largest absolute Gasteiger partial charge is 0.309 e. The maximum absolute atomic E-state index is 5.29. The molecule has 5 heteroatoms. The Morgan fingerprint density at radius 3 is 1.74 bits per heavy atom. The lowest BCUT2D eigenvalue weighted by molar-refractivity contribution is 1.06. The average Bonchev–Trinajstić information content (AvgIpc) is 3.82. The third-order valence-electron chi connectivity index (χ3n) is 10.9. The summed E-state index contributed by atoms with van der Waals surface area (Å²) in [4.78, 5) is 15.6. The molecular weight excluding hydrogens is 713 g/mol. The van der Waals surface area contributed by atoms with Crippen molar-refractivity contribution in [3.8, 4) is 62.1 Å². The summed E-state index contributed by atoms with van der Waals surface area (Å²) < 4.78 is 4.94. The van der Waals surface area contributed by atoms with Crippen LogP contribution in [0.4, 0.5) is 0 Å². The first-order chi connectivity index (χ1) is 28.2. The number of rotatable bonds is 6. The van der Waals surface area contributed by atoms with Crippen molar-refractivity contribution >= 4 is 53.3 Å². The standard InChI is InChI=1S/C52H34N4S/c1-33-23-25-34(26-24-33)37-27-29-45-42(31-37)40-17-8-10-20-44(40)56(45)46-30-28-38(39-19-12-22-48-49(39)41-18-9-11-21-47(41)57-48)32-43(46)52-54-50(35-13-4-2-5-14-35)53-51(55-52)36-15-6-3-7-16-36/h2-32H,1H3. The van der Waals surface area contributed by atoms with Crippen LogP contribution in [0.25, 0.3) is 104 Å². The van der Waals surface area contributed by atoms with E-state index in [1.165, 1.54) is 53.2 Å². The van der Waals surface area contributed by atoms with Crippen LogP contribution in [-0.4, -0.2) is 19.5 Å². The molecule has 11 aromatic rings. The van der Waals surface area contributed by atoms with Crippen LogP contribution in [0, 0.1) is 6.92 Å². The van der Waals surface area contributed by atoms with Crippen LogP contribution in [0.5, 0.6) is 0 Å². The zero-order valence-corrected chi connectivity index (χ0v) is 31.9. The Balaban J connectivity index is 1.21. The van der Waals surface area contributed by atoms with Gasteiger partial charge >= 0.3 is 0 Å². The Hall–Kier alpha value is -7.21.